The van der Waals surface area contributed by atoms with Crippen LogP contribution in [0.2, 0.25) is 0 Å². The first-order chi connectivity index (χ1) is 14.3. The van der Waals surface area contributed by atoms with Crippen LogP contribution in [0.1, 0.15) is 0 Å². The van der Waals surface area contributed by atoms with Gasteiger partial charge in [0.2, 0.25) is 0 Å². The summed E-state index contributed by atoms with van der Waals surface area (Å²) in [5.41, 5.74) is 7.94. The SMILES string of the molecule is CN1CN(c2cccc(-c3ccc4c(c3)oc3ccccc34)c2)c2ccccc21. The number of para-hydroxylation sites is 3. The molecule has 3 heteroatoms. The van der Waals surface area contributed by atoms with Crippen LogP contribution in [0.4, 0.5) is 17.1 Å². The molecule has 0 unspecified atom stereocenters. The van der Waals surface area contributed by atoms with Crippen LogP contribution >= 0.6 is 0 Å². The first-order valence-corrected chi connectivity index (χ1v) is 9.87. The van der Waals surface area contributed by atoms with Crippen molar-refractivity contribution in [3.8, 4) is 11.1 Å². The van der Waals surface area contributed by atoms with Gasteiger partial charge >= 0.3 is 0 Å². The summed E-state index contributed by atoms with van der Waals surface area (Å²) in [7, 11) is 2.14. The molecule has 0 aliphatic carbocycles. The lowest BCUT2D eigenvalue weighted by Crippen LogP contribution is -2.23. The summed E-state index contributed by atoms with van der Waals surface area (Å²) in [6.07, 6.45) is 0. The second kappa shape index (κ2) is 6.14. The van der Waals surface area contributed by atoms with Crippen molar-refractivity contribution in [2.24, 2.45) is 0 Å². The van der Waals surface area contributed by atoms with Gasteiger partial charge in [-0.15, -0.1) is 0 Å². The van der Waals surface area contributed by atoms with Gasteiger partial charge in [0.15, 0.2) is 0 Å². The van der Waals surface area contributed by atoms with Gasteiger partial charge in [0, 0.05) is 23.5 Å². The third kappa shape index (κ3) is 2.51. The minimum absolute atomic E-state index is 0.853. The maximum atomic E-state index is 6.09. The number of furan rings is 1. The Morgan fingerprint density at radius 1 is 0.655 bits per heavy atom. The highest BCUT2D eigenvalue weighted by Crippen LogP contribution is 2.40. The Bertz CT molecular complexity index is 1370. The number of rotatable bonds is 2. The zero-order valence-electron chi connectivity index (χ0n) is 16.2. The Morgan fingerprint density at radius 3 is 2.34 bits per heavy atom. The number of anilines is 3. The second-order valence-electron chi connectivity index (χ2n) is 7.62. The van der Waals surface area contributed by atoms with Gasteiger partial charge in [0.1, 0.15) is 11.2 Å². The number of fused-ring (bicyclic) bond motifs is 4. The van der Waals surface area contributed by atoms with E-state index in [1.807, 2.05) is 12.1 Å². The summed E-state index contributed by atoms with van der Waals surface area (Å²) in [6.45, 7) is 0.853. The smallest absolute Gasteiger partial charge is 0.136 e. The summed E-state index contributed by atoms with van der Waals surface area (Å²) < 4.78 is 6.09. The maximum absolute atomic E-state index is 6.09. The van der Waals surface area contributed by atoms with Crippen LogP contribution in [0, 0.1) is 0 Å². The molecule has 29 heavy (non-hydrogen) atoms. The van der Waals surface area contributed by atoms with Gasteiger partial charge in [-0.1, -0.05) is 48.5 Å². The monoisotopic (exact) mass is 376 g/mol. The topological polar surface area (TPSA) is 19.6 Å². The number of hydrogen-bond donors (Lipinski definition) is 0. The molecule has 6 rings (SSSR count). The van der Waals surface area contributed by atoms with E-state index in [0.29, 0.717) is 0 Å². The molecule has 3 nitrogen and oxygen atoms in total. The van der Waals surface area contributed by atoms with Crippen molar-refractivity contribution < 1.29 is 4.42 Å². The largest absolute Gasteiger partial charge is 0.456 e. The fraction of sp³-hybridized carbons (Fsp3) is 0.0769. The van der Waals surface area contributed by atoms with Crippen LogP contribution in [0.25, 0.3) is 33.1 Å². The zero-order chi connectivity index (χ0) is 19.4. The van der Waals surface area contributed by atoms with Gasteiger partial charge in [-0.25, -0.2) is 0 Å². The number of hydrogen-bond acceptors (Lipinski definition) is 3. The highest BCUT2D eigenvalue weighted by Gasteiger charge is 2.24. The highest BCUT2D eigenvalue weighted by atomic mass is 16.3. The first-order valence-electron chi connectivity index (χ1n) is 9.87. The third-order valence-electron chi connectivity index (χ3n) is 5.81. The van der Waals surface area contributed by atoms with E-state index in [2.05, 4.69) is 95.7 Å². The van der Waals surface area contributed by atoms with Crippen molar-refractivity contribution in [2.45, 2.75) is 0 Å². The van der Waals surface area contributed by atoms with Gasteiger partial charge in [-0.2, -0.15) is 0 Å². The molecule has 0 bridgehead atoms. The normalized spacial score (nSPS) is 13.4. The fourth-order valence-electron chi connectivity index (χ4n) is 4.36. The summed E-state index contributed by atoms with van der Waals surface area (Å²) in [4.78, 5) is 4.64. The molecule has 2 heterocycles. The van der Waals surface area contributed by atoms with E-state index < -0.39 is 0 Å². The standard InChI is InChI=1S/C26H20N2O/c1-27-17-28(24-11-4-3-10-23(24)27)20-8-6-7-18(15-20)19-13-14-22-21-9-2-5-12-25(21)29-26(22)16-19/h2-16H,17H2,1H3. The van der Waals surface area contributed by atoms with Gasteiger partial charge in [-0.05, 0) is 53.6 Å². The molecular formula is C26H20N2O. The maximum Gasteiger partial charge on any atom is 0.136 e. The Hall–Kier alpha value is -3.72. The van der Waals surface area contributed by atoms with E-state index in [-0.39, 0.29) is 0 Å². The van der Waals surface area contributed by atoms with Gasteiger partial charge < -0.3 is 14.2 Å². The Labute approximate surface area is 169 Å². The predicted octanol–water partition coefficient (Wildman–Crippen LogP) is 6.80. The Balaban J connectivity index is 1.44. The summed E-state index contributed by atoms with van der Waals surface area (Å²) in [6, 6.07) is 32.0. The van der Waals surface area contributed by atoms with E-state index in [0.717, 1.165) is 23.2 Å². The average molecular weight is 376 g/mol. The summed E-state index contributed by atoms with van der Waals surface area (Å²) in [5.74, 6) is 0. The lowest BCUT2D eigenvalue weighted by molar-refractivity contribution is 0.669. The van der Waals surface area contributed by atoms with E-state index in [1.54, 1.807) is 0 Å². The predicted molar refractivity (Wildman–Crippen MR) is 121 cm³/mol. The molecule has 4 aromatic carbocycles. The number of benzene rings is 4. The molecular weight excluding hydrogens is 356 g/mol. The van der Waals surface area contributed by atoms with E-state index >= 15 is 0 Å². The van der Waals surface area contributed by atoms with Crippen molar-refractivity contribution in [1.29, 1.82) is 0 Å². The Kier molecular flexibility index (Phi) is 3.44. The molecule has 0 saturated heterocycles. The van der Waals surface area contributed by atoms with Gasteiger partial charge in [-0.3, -0.25) is 0 Å². The fourth-order valence-corrected chi connectivity index (χ4v) is 4.36. The van der Waals surface area contributed by atoms with E-state index in [1.165, 1.54) is 33.6 Å². The number of nitrogens with zero attached hydrogens (tertiary/aromatic N) is 2. The van der Waals surface area contributed by atoms with Crippen molar-refractivity contribution >= 4 is 39.0 Å². The molecule has 140 valence electrons. The van der Waals surface area contributed by atoms with Crippen LogP contribution < -0.4 is 9.80 Å². The van der Waals surface area contributed by atoms with Crippen LogP contribution in [0.3, 0.4) is 0 Å². The van der Waals surface area contributed by atoms with Crippen molar-refractivity contribution in [3.05, 3.63) is 91.0 Å². The van der Waals surface area contributed by atoms with E-state index in [9.17, 15) is 0 Å². The van der Waals surface area contributed by atoms with Crippen LogP contribution in [-0.4, -0.2) is 13.7 Å². The minimum atomic E-state index is 0.853. The lowest BCUT2D eigenvalue weighted by atomic mass is 10.0. The molecule has 0 N–H and O–H groups in total. The third-order valence-corrected chi connectivity index (χ3v) is 5.81. The second-order valence-corrected chi connectivity index (χ2v) is 7.62. The molecule has 5 aromatic rings. The summed E-state index contributed by atoms with van der Waals surface area (Å²) in [5, 5.41) is 2.33. The highest BCUT2D eigenvalue weighted by molar-refractivity contribution is 6.05. The minimum Gasteiger partial charge on any atom is -0.456 e. The molecule has 0 spiro atoms. The molecule has 0 saturated carbocycles. The van der Waals surface area contributed by atoms with Crippen molar-refractivity contribution in [3.63, 3.8) is 0 Å². The molecule has 1 aromatic heterocycles. The zero-order valence-corrected chi connectivity index (χ0v) is 16.2. The van der Waals surface area contributed by atoms with Crippen LogP contribution in [0.15, 0.2) is 95.4 Å². The average Bonchev–Trinajstić information content (AvgIpc) is 3.31. The molecule has 0 fully saturated rings. The van der Waals surface area contributed by atoms with E-state index in [4.69, 9.17) is 4.42 Å². The summed E-state index contributed by atoms with van der Waals surface area (Å²) >= 11 is 0. The van der Waals surface area contributed by atoms with Crippen molar-refractivity contribution in [2.75, 3.05) is 23.5 Å². The van der Waals surface area contributed by atoms with Crippen molar-refractivity contribution in [1.82, 2.24) is 0 Å². The van der Waals surface area contributed by atoms with Gasteiger partial charge in [0.05, 0.1) is 18.0 Å². The van der Waals surface area contributed by atoms with Crippen LogP contribution in [0.5, 0.6) is 0 Å². The molecule has 0 atom stereocenters. The molecule has 0 radical (unpaired) electrons. The van der Waals surface area contributed by atoms with Crippen LogP contribution in [-0.2, 0) is 0 Å². The molecule has 1 aliphatic rings. The Morgan fingerprint density at radius 2 is 1.41 bits per heavy atom. The lowest BCUT2D eigenvalue weighted by Gasteiger charge is -2.20. The molecule has 1 aliphatic heterocycles. The first kappa shape index (κ1) is 16.3. The van der Waals surface area contributed by atoms with Gasteiger partial charge in [0.25, 0.3) is 0 Å². The molecule has 0 amide bonds. The quantitative estimate of drug-likeness (QED) is 0.338.